The average Bonchev–Trinajstić information content (AvgIpc) is 2.10. The summed E-state index contributed by atoms with van der Waals surface area (Å²) in [5.41, 5.74) is 0.490. The molecule has 0 unspecified atom stereocenters. The monoisotopic (exact) mass is 259 g/mol. The largest absolute Gasteiger partial charge is 0.493 e. The third-order valence-electron chi connectivity index (χ3n) is 1.48. The summed E-state index contributed by atoms with van der Waals surface area (Å²) in [6.45, 7) is 2.40. The Labute approximate surface area is 90.0 Å². The van der Waals surface area contributed by atoms with Gasteiger partial charge < -0.3 is 9.84 Å². The molecule has 76 valence electrons. The molecule has 1 rings (SSSR count). The van der Waals surface area contributed by atoms with Gasteiger partial charge >= 0.3 is 6.09 Å². The molecule has 5 heteroatoms. The molecule has 14 heavy (non-hydrogen) atoms. The van der Waals surface area contributed by atoms with Crippen LogP contribution in [0, 0.1) is 0 Å². The number of carboxylic acid groups (broad SMARTS) is 1. The SMILES string of the molecule is CCOc1cc(NC(=O)O)ccc1Br. The lowest BCUT2D eigenvalue weighted by Crippen LogP contribution is -2.07. The first-order chi connectivity index (χ1) is 6.63. The number of benzene rings is 1. The van der Waals surface area contributed by atoms with Crippen LogP contribution in [0.1, 0.15) is 6.92 Å². The quantitative estimate of drug-likeness (QED) is 0.878. The molecular formula is C9H10BrNO3. The van der Waals surface area contributed by atoms with E-state index in [4.69, 9.17) is 9.84 Å². The van der Waals surface area contributed by atoms with Crippen molar-refractivity contribution in [2.45, 2.75) is 6.92 Å². The molecule has 1 aromatic carbocycles. The Hall–Kier alpha value is -1.23. The van der Waals surface area contributed by atoms with E-state index >= 15 is 0 Å². The topological polar surface area (TPSA) is 58.6 Å². The van der Waals surface area contributed by atoms with Gasteiger partial charge in [-0.3, -0.25) is 5.32 Å². The fourth-order valence-electron chi connectivity index (χ4n) is 0.971. The van der Waals surface area contributed by atoms with Crippen molar-refractivity contribution in [2.24, 2.45) is 0 Å². The van der Waals surface area contributed by atoms with Crippen molar-refractivity contribution in [3.8, 4) is 5.75 Å². The number of nitrogens with one attached hydrogen (secondary N) is 1. The lowest BCUT2D eigenvalue weighted by Gasteiger charge is -2.07. The molecule has 0 spiro atoms. The van der Waals surface area contributed by atoms with Gasteiger partial charge in [0.2, 0.25) is 0 Å². The summed E-state index contributed by atoms with van der Waals surface area (Å²) in [5.74, 6) is 0.624. The molecule has 1 amide bonds. The predicted molar refractivity (Wildman–Crippen MR) is 57.0 cm³/mol. The molecule has 0 aliphatic heterocycles. The van der Waals surface area contributed by atoms with Gasteiger partial charge in [0.15, 0.2) is 0 Å². The summed E-state index contributed by atoms with van der Waals surface area (Å²) in [6.07, 6.45) is -1.09. The van der Waals surface area contributed by atoms with E-state index in [1.165, 1.54) is 0 Å². The molecule has 1 aromatic rings. The van der Waals surface area contributed by atoms with Gasteiger partial charge in [0.05, 0.1) is 11.1 Å². The van der Waals surface area contributed by atoms with E-state index in [2.05, 4.69) is 21.2 Å². The minimum atomic E-state index is -1.09. The maximum absolute atomic E-state index is 10.4. The lowest BCUT2D eigenvalue weighted by molar-refractivity contribution is 0.209. The zero-order valence-electron chi connectivity index (χ0n) is 7.58. The van der Waals surface area contributed by atoms with Crippen LogP contribution in [0.25, 0.3) is 0 Å². The van der Waals surface area contributed by atoms with Crippen LogP contribution in [0.3, 0.4) is 0 Å². The Balaban J connectivity index is 2.88. The van der Waals surface area contributed by atoms with Crippen molar-refractivity contribution in [3.05, 3.63) is 22.7 Å². The normalized spacial score (nSPS) is 9.57. The smallest absolute Gasteiger partial charge is 0.409 e. The van der Waals surface area contributed by atoms with Gasteiger partial charge in [-0.1, -0.05) is 0 Å². The molecular weight excluding hydrogens is 250 g/mol. The van der Waals surface area contributed by atoms with Crippen LogP contribution in [0.2, 0.25) is 0 Å². The highest BCUT2D eigenvalue weighted by Crippen LogP contribution is 2.28. The van der Waals surface area contributed by atoms with Gasteiger partial charge in [-0.05, 0) is 35.0 Å². The summed E-state index contributed by atoms with van der Waals surface area (Å²) in [7, 11) is 0. The second-order valence-electron chi connectivity index (χ2n) is 2.51. The van der Waals surface area contributed by atoms with Gasteiger partial charge in [0.25, 0.3) is 0 Å². The summed E-state index contributed by atoms with van der Waals surface area (Å²) in [5, 5.41) is 10.7. The number of halogens is 1. The molecule has 0 radical (unpaired) electrons. The molecule has 0 saturated heterocycles. The van der Waals surface area contributed by atoms with Gasteiger partial charge in [-0.25, -0.2) is 4.79 Å². The molecule has 0 bridgehead atoms. The molecule has 4 nitrogen and oxygen atoms in total. The zero-order valence-corrected chi connectivity index (χ0v) is 9.17. The predicted octanol–water partition coefficient (Wildman–Crippen LogP) is 2.94. The Morgan fingerprint density at radius 2 is 2.36 bits per heavy atom. The number of anilines is 1. The number of amides is 1. The molecule has 0 fully saturated rings. The third kappa shape index (κ3) is 2.92. The number of carbonyl (C=O) groups is 1. The number of hydrogen-bond donors (Lipinski definition) is 2. The van der Waals surface area contributed by atoms with E-state index in [1.807, 2.05) is 6.92 Å². The average molecular weight is 260 g/mol. The third-order valence-corrected chi connectivity index (χ3v) is 2.14. The van der Waals surface area contributed by atoms with Crippen molar-refractivity contribution in [1.29, 1.82) is 0 Å². The lowest BCUT2D eigenvalue weighted by atomic mass is 10.3. The molecule has 0 aromatic heterocycles. The minimum Gasteiger partial charge on any atom is -0.493 e. The first kappa shape index (κ1) is 10.8. The molecule has 0 aliphatic rings. The Morgan fingerprint density at radius 3 is 2.93 bits per heavy atom. The number of rotatable bonds is 3. The van der Waals surface area contributed by atoms with Crippen molar-refractivity contribution >= 4 is 27.7 Å². The highest BCUT2D eigenvalue weighted by atomic mass is 79.9. The van der Waals surface area contributed by atoms with Crippen molar-refractivity contribution in [1.82, 2.24) is 0 Å². The zero-order chi connectivity index (χ0) is 10.6. The highest BCUT2D eigenvalue weighted by molar-refractivity contribution is 9.10. The second-order valence-corrected chi connectivity index (χ2v) is 3.36. The van der Waals surface area contributed by atoms with Crippen LogP contribution >= 0.6 is 15.9 Å². The maximum atomic E-state index is 10.4. The number of ether oxygens (including phenoxy) is 1. The van der Waals surface area contributed by atoms with Crippen LogP contribution in [0.4, 0.5) is 10.5 Å². The van der Waals surface area contributed by atoms with Gasteiger partial charge in [-0.2, -0.15) is 0 Å². The summed E-state index contributed by atoms with van der Waals surface area (Å²) in [6, 6.07) is 5.01. The van der Waals surface area contributed by atoms with Crippen LogP contribution in [0.15, 0.2) is 22.7 Å². The summed E-state index contributed by atoms with van der Waals surface area (Å²) in [4.78, 5) is 10.4. The first-order valence-corrected chi connectivity index (χ1v) is 4.85. The molecule has 0 saturated carbocycles. The van der Waals surface area contributed by atoms with Crippen molar-refractivity contribution < 1.29 is 14.6 Å². The standard InChI is InChI=1S/C9H10BrNO3/c1-2-14-8-5-6(11-9(12)13)3-4-7(8)10/h3-5,11H,2H2,1H3,(H,12,13). The Bertz CT molecular complexity index is 341. The molecule has 0 aliphatic carbocycles. The van der Waals surface area contributed by atoms with E-state index in [1.54, 1.807) is 18.2 Å². The Kier molecular flexibility index (Phi) is 3.76. The van der Waals surface area contributed by atoms with Crippen molar-refractivity contribution in [2.75, 3.05) is 11.9 Å². The second kappa shape index (κ2) is 4.85. The highest BCUT2D eigenvalue weighted by Gasteiger charge is 2.03. The first-order valence-electron chi connectivity index (χ1n) is 4.05. The fourth-order valence-corrected chi connectivity index (χ4v) is 1.33. The van der Waals surface area contributed by atoms with Gasteiger partial charge in [-0.15, -0.1) is 0 Å². The van der Waals surface area contributed by atoms with E-state index in [0.717, 1.165) is 4.47 Å². The van der Waals surface area contributed by atoms with E-state index in [9.17, 15) is 4.79 Å². The van der Waals surface area contributed by atoms with Crippen LogP contribution in [-0.4, -0.2) is 17.8 Å². The van der Waals surface area contributed by atoms with E-state index in [-0.39, 0.29) is 0 Å². The number of hydrogen-bond acceptors (Lipinski definition) is 2. The fraction of sp³-hybridized carbons (Fsp3) is 0.222. The molecule has 0 atom stereocenters. The molecule has 0 heterocycles. The van der Waals surface area contributed by atoms with Gasteiger partial charge in [0, 0.05) is 11.8 Å². The Morgan fingerprint density at radius 1 is 1.64 bits per heavy atom. The molecule has 2 N–H and O–H groups in total. The van der Waals surface area contributed by atoms with Crippen LogP contribution in [-0.2, 0) is 0 Å². The van der Waals surface area contributed by atoms with Gasteiger partial charge in [0.1, 0.15) is 5.75 Å². The van der Waals surface area contributed by atoms with Crippen LogP contribution < -0.4 is 10.1 Å². The van der Waals surface area contributed by atoms with Crippen LogP contribution in [0.5, 0.6) is 5.75 Å². The summed E-state index contributed by atoms with van der Waals surface area (Å²) < 4.78 is 6.08. The maximum Gasteiger partial charge on any atom is 0.409 e. The minimum absolute atomic E-state index is 0.490. The van der Waals surface area contributed by atoms with E-state index < -0.39 is 6.09 Å². The van der Waals surface area contributed by atoms with E-state index in [0.29, 0.717) is 18.0 Å². The van der Waals surface area contributed by atoms with Crippen molar-refractivity contribution in [3.63, 3.8) is 0 Å². The summed E-state index contributed by atoms with van der Waals surface area (Å²) >= 11 is 3.30.